The van der Waals surface area contributed by atoms with Gasteiger partial charge in [-0.15, -0.1) is 0 Å². The number of halogens is 1. The number of benzene rings is 1. The van der Waals surface area contributed by atoms with Gasteiger partial charge in [0.05, 0.1) is 23.9 Å². The Kier molecular flexibility index (Phi) is 2.69. The third-order valence-electron chi connectivity index (χ3n) is 2.29. The van der Waals surface area contributed by atoms with Gasteiger partial charge in [0.15, 0.2) is 0 Å². The summed E-state index contributed by atoms with van der Waals surface area (Å²) in [5.41, 5.74) is 2.02. The Morgan fingerprint density at radius 3 is 2.88 bits per heavy atom. The van der Waals surface area contributed by atoms with Crippen LogP contribution in [0.4, 0.5) is 4.39 Å². The molecule has 1 aromatic heterocycles. The van der Waals surface area contributed by atoms with Gasteiger partial charge in [0.2, 0.25) is 0 Å². The van der Waals surface area contributed by atoms with Crippen molar-refractivity contribution in [2.24, 2.45) is 0 Å². The maximum Gasteiger partial charge on any atom is 0.123 e. The van der Waals surface area contributed by atoms with Crippen molar-refractivity contribution in [1.29, 1.82) is 5.26 Å². The number of hydrogen-bond donors (Lipinski definition) is 0. The maximum absolute atomic E-state index is 13.1. The second-order valence-electron chi connectivity index (χ2n) is 3.57. The van der Waals surface area contributed by atoms with Crippen molar-refractivity contribution in [1.82, 2.24) is 9.78 Å². The van der Waals surface area contributed by atoms with Gasteiger partial charge in [-0.1, -0.05) is 0 Å². The molecule has 0 aliphatic carbocycles. The van der Waals surface area contributed by atoms with Crippen molar-refractivity contribution in [3.05, 3.63) is 53.1 Å². The van der Waals surface area contributed by atoms with Gasteiger partial charge in [0.1, 0.15) is 5.82 Å². The molecule has 16 heavy (non-hydrogen) atoms. The molecule has 1 aromatic carbocycles. The largest absolute Gasteiger partial charge is 0.268 e. The lowest BCUT2D eigenvalue weighted by molar-refractivity contribution is 0.618. The summed E-state index contributed by atoms with van der Waals surface area (Å²) >= 11 is 0. The van der Waals surface area contributed by atoms with E-state index in [4.69, 9.17) is 5.26 Å². The van der Waals surface area contributed by atoms with Crippen molar-refractivity contribution in [2.45, 2.75) is 13.5 Å². The fourth-order valence-corrected chi connectivity index (χ4v) is 1.53. The molecule has 3 nitrogen and oxygen atoms in total. The third kappa shape index (κ3) is 2.09. The lowest BCUT2D eigenvalue weighted by Gasteiger charge is -2.04. The van der Waals surface area contributed by atoms with Crippen LogP contribution >= 0.6 is 0 Å². The molecule has 2 rings (SSSR count). The maximum atomic E-state index is 13.1. The van der Waals surface area contributed by atoms with Crippen LogP contribution in [0.1, 0.15) is 16.8 Å². The number of nitrogens with zero attached hydrogens (tertiary/aromatic N) is 3. The summed E-state index contributed by atoms with van der Waals surface area (Å²) in [6.45, 7) is 2.29. The summed E-state index contributed by atoms with van der Waals surface area (Å²) < 4.78 is 14.7. The second-order valence-corrected chi connectivity index (χ2v) is 3.57. The minimum Gasteiger partial charge on any atom is -0.268 e. The van der Waals surface area contributed by atoms with E-state index in [0.717, 1.165) is 5.69 Å². The molecule has 0 radical (unpaired) electrons. The first-order valence-corrected chi connectivity index (χ1v) is 4.87. The first-order chi connectivity index (χ1) is 7.69. The number of hydrogen-bond acceptors (Lipinski definition) is 2. The van der Waals surface area contributed by atoms with Crippen LogP contribution in [0.15, 0.2) is 30.5 Å². The fourth-order valence-electron chi connectivity index (χ4n) is 1.53. The Labute approximate surface area is 92.7 Å². The zero-order valence-electron chi connectivity index (χ0n) is 8.81. The average molecular weight is 215 g/mol. The van der Waals surface area contributed by atoms with Gasteiger partial charge in [-0.2, -0.15) is 10.4 Å². The first-order valence-electron chi connectivity index (χ1n) is 4.87. The molecule has 0 amide bonds. The predicted molar refractivity (Wildman–Crippen MR) is 57.2 cm³/mol. The SMILES string of the molecule is Cc1ccn(Cc2cc(F)ccc2C#N)n1. The molecular formula is C12H10FN3. The summed E-state index contributed by atoms with van der Waals surface area (Å²) in [7, 11) is 0. The number of aromatic nitrogens is 2. The van der Waals surface area contributed by atoms with Gasteiger partial charge in [-0.25, -0.2) is 4.39 Å². The summed E-state index contributed by atoms with van der Waals surface area (Å²) in [6, 6.07) is 8.05. The molecule has 0 aliphatic heterocycles. The summed E-state index contributed by atoms with van der Waals surface area (Å²) in [6.07, 6.45) is 1.81. The monoisotopic (exact) mass is 215 g/mol. The molecule has 0 bridgehead atoms. The number of aryl methyl sites for hydroxylation is 1. The van der Waals surface area contributed by atoms with Crippen LogP contribution in [0.5, 0.6) is 0 Å². The van der Waals surface area contributed by atoms with Crippen LogP contribution in [0.25, 0.3) is 0 Å². The van der Waals surface area contributed by atoms with E-state index in [1.165, 1.54) is 18.2 Å². The van der Waals surface area contributed by atoms with Gasteiger partial charge in [-0.05, 0) is 36.8 Å². The lowest BCUT2D eigenvalue weighted by atomic mass is 10.1. The van der Waals surface area contributed by atoms with Crippen LogP contribution in [-0.4, -0.2) is 9.78 Å². The van der Waals surface area contributed by atoms with Gasteiger partial charge >= 0.3 is 0 Å². The third-order valence-corrected chi connectivity index (χ3v) is 2.29. The van der Waals surface area contributed by atoms with Crippen LogP contribution in [0.2, 0.25) is 0 Å². The zero-order valence-corrected chi connectivity index (χ0v) is 8.81. The van der Waals surface area contributed by atoms with Gasteiger partial charge in [0.25, 0.3) is 0 Å². The van der Waals surface area contributed by atoms with Gasteiger partial charge < -0.3 is 0 Å². The molecule has 0 N–H and O–H groups in total. The molecule has 0 saturated heterocycles. The Hall–Kier alpha value is -2.15. The summed E-state index contributed by atoms with van der Waals surface area (Å²) in [5.74, 6) is -0.335. The molecular weight excluding hydrogens is 205 g/mol. The Morgan fingerprint density at radius 2 is 2.25 bits per heavy atom. The first kappa shape index (κ1) is 10.4. The molecule has 2 aromatic rings. The molecule has 0 unspecified atom stereocenters. The van der Waals surface area contributed by atoms with Crippen LogP contribution in [0.3, 0.4) is 0 Å². The van der Waals surface area contributed by atoms with Crippen molar-refractivity contribution in [3.8, 4) is 6.07 Å². The highest BCUT2D eigenvalue weighted by molar-refractivity contribution is 5.37. The van der Waals surface area contributed by atoms with Crippen molar-refractivity contribution in [3.63, 3.8) is 0 Å². The van der Waals surface area contributed by atoms with E-state index in [2.05, 4.69) is 5.10 Å². The van der Waals surface area contributed by atoms with E-state index >= 15 is 0 Å². The van der Waals surface area contributed by atoms with E-state index in [9.17, 15) is 4.39 Å². The quantitative estimate of drug-likeness (QED) is 0.771. The molecule has 0 fully saturated rings. The van der Waals surface area contributed by atoms with E-state index in [-0.39, 0.29) is 5.82 Å². The molecule has 0 saturated carbocycles. The van der Waals surface area contributed by atoms with Crippen LogP contribution in [0, 0.1) is 24.1 Å². The zero-order chi connectivity index (χ0) is 11.5. The smallest absolute Gasteiger partial charge is 0.123 e. The lowest BCUT2D eigenvalue weighted by Crippen LogP contribution is -2.03. The minimum absolute atomic E-state index is 0.335. The van der Waals surface area contributed by atoms with E-state index in [1.807, 2.05) is 19.1 Å². The van der Waals surface area contributed by atoms with Crippen molar-refractivity contribution < 1.29 is 4.39 Å². The van der Waals surface area contributed by atoms with E-state index in [1.54, 1.807) is 10.9 Å². The van der Waals surface area contributed by atoms with Crippen LogP contribution in [-0.2, 0) is 6.54 Å². The molecule has 0 spiro atoms. The number of rotatable bonds is 2. The van der Waals surface area contributed by atoms with E-state index in [0.29, 0.717) is 17.7 Å². The van der Waals surface area contributed by atoms with Gasteiger partial charge in [0, 0.05) is 6.20 Å². The Balaban J connectivity index is 2.34. The Bertz CT molecular complexity index is 552. The molecule has 4 heteroatoms. The van der Waals surface area contributed by atoms with Crippen molar-refractivity contribution >= 4 is 0 Å². The standard InChI is InChI=1S/C12H10FN3/c1-9-4-5-16(15-9)8-11-6-12(13)3-2-10(11)7-14/h2-6H,8H2,1H3. The highest BCUT2D eigenvalue weighted by atomic mass is 19.1. The average Bonchev–Trinajstić information content (AvgIpc) is 2.64. The summed E-state index contributed by atoms with van der Waals surface area (Å²) in [5, 5.41) is 13.1. The van der Waals surface area contributed by atoms with Crippen LogP contribution < -0.4 is 0 Å². The normalized spacial score (nSPS) is 10.1. The predicted octanol–water partition coefficient (Wildman–Crippen LogP) is 2.25. The number of nitriles is 1. The minimum atomic E-state index is -0.335. The second kappa shape index (κ2) is 4.15. The fraction of sp³-hybridized carbons (Fsp3) is 0.167. The molecule has 80 valence electrons. The van der Waals surface area contributed by atoms with Gasteiger partial charge in [-0.3, -0.25) is 4.68 Å². The Morgan fingerprint density at radius 1 is 1.44 bits per heavy atom. The van der Waals surface area contributed by atoms with E-state index < -0.39 is 0 Å². The molecule has 0 aliphatic rings. The highest BCUT2D eigenvalue weighted by Gasteiger charge is 2.05. The molecule has 0 atom stereocenters. The summed E-state index contributed by atoms with van der Waals surface area (Å²) in [4.78, 5) is 0. The molecule has 1 heterocycles. The highest BCUT2D eigenvalue weighted by Crippen LogP contribution is 2.12. The van der Waals surface area contributed by atoms with Crippen molar-refractivity contribution in [2.75, 3.05) is 0 Å². The topological polar surface area (TPSA) is 41.6 Å².